The van der Waals surface area contributed by atoms with Gasteiger partial charge in [0.25, 0.3) is 0 Å². The van der Waals surface area contributed by atoms with Crippen molar-refractivity contribution in [2.45, 2.75) is 5.92 Å². The molecular weight excluding hydrogens is 206 g/mol. The Morgan fingerprint density at radius 1 is 1.50 bits per heavy atom. The highest BCUT2D eigenvalue weighted by Crippen LogP contribution is 2.30. The summed E-state index contributed by atoms with van der Waals surface area (Å²) in [6, 6.07) is 7.62. The van der Waals surface area contributed by atoms with Gasteiger partial charge in [-0.15, -0.1) is 0 Å². The molecule has 0 unspecified atom stereocenters. The fraction of sp³-hybridized carbons (Fsp3) is 0.417. The molecule has 0 bridgehead atoms. The first-order chi connectivity index (χ1) is 7.72. The Bertz CT molecular complexity index is 392. The van der Waals surface area contributed by atoms with E-state index in [9.17, 15) is 4.79 Å². The van der Waals surface area contributed by atoms with E-state index in [1.165, 1.54) is 0 Å². The van der Waals surface area contributed by atoms with Crippen LogP contribution >= 0.6 is 0 Å². The molecule has 16 heavy (non-hydrogen) atoms. The molecule has 1 aromatic carbocycles. The summed E-state index contributed by atoms with van der Waals surface area (Å²) in [6.07, 6.45) is 0. The number of methoxy groups -OCH3 is 1. The lowest BCUT2D eigenvalue weighted by atomic mass is 9.89. The summed E-state index contributed by atoms with van der Waals surface area (Å²) in [4.78, 5) is 11.1. The van der Waals surface area contributed by atoms with Gasteiger partial charge in [-0.05, 0) is 17.7 Å². The summed E-state index contributed by atoms with van der Waals surface area (Å²) in [7, 11) is 1.61. The molecule has 2 atom stereocenters. The molecule has 0 spiro atoms. The number of hydrogen-bond donors (Lipinski definition) is 2. The van der Waals surface area contributed by atoms with Crippen molar-refractivity contribution in [3.8, 4) is 5.75 Å². The molecule has 0 saturated carbocycles. The molecule has 1 fully saturated rings. The summed E-state index contributed by atoms with van der Waals surface area (Å²) in [5.41, 5.74) is 1.02. The first-order valence-electron chi connectivity index (χ1n) is 5.30. The fourth-order valence-electron chi connectivity index (χ4n) is 2.16. The number of carboxylic acids is 1. The van der Waals surface area contributed by atoms with E-state index in [4.69, 9.17) is 9.84 Å². The number of nitrogens with one attached hydrogen (secondary N) is 1. The molecule has 0 radical (unpaired) electrons. The van der Waals surface area contributed by atoms with Gasteiger partial charge in [0.2, 0.25) is 0 Å². The molecule has 1 aliphatic rings. The predicted octanol–water partition coefficient (Wildman–Crippen LogP) is 1.08. The topological polar surface area (TPSA) is 58.6 Å². The molecule has 1 aliphatic heterocycles. The van der Waals surface area contributed by atoms with Crippen molar-refractivity contribution in [2.75, 3.05) is 20.2 Å². The van der Waals surface area contributed by atoms with E-state index in [1.807, 2.05) is 24.3 Å². The Morgan fingerprint density at radius 3 is 3.00 bits per heavy atom. The largest absolute Gasteiger partial charge is 0.497 e. The molecule has 0 aromatic heterocycles. The van der Waals surface area contributed by atoms with Gasteiger partial charge < -0.3 is 15.2 Å². The lowest BCUT2D eigenvalue weighted by Crippen LogP contribution is -2.20. The van der Waals surface area contributed by atoms with Crippen LogP contribution in [0.25, 0.3) is 0 Å². The molecule has 0 amide bonds. The van der Waals surface area contributed by atoms with Crippen LogP contribution in [0.15, 0.2) is 24.3 Å². The predicted molar refractivity (Wildman–Crippen MR) is 59.7 cm³/mol. The van der Waals surface area contributed by atoms with Crippen LogP contribution in [0.4, 0.5) is 0 Å². The lowest BCUT2D eigenvalue weighted by Gasteiger charge is -2.15. The van der Waals surface area contributed by atoms with E-state index in [0.717, 1.165) is 11.3 Å². The van der Waals surface area contributed by atoms with Crippen LogP contribution < -0.4 is 10.1 Å². The molecule has 0 aliphatic carbocycles. The molecule has 4 nitrogen and oxygen atoms in total. The van der Waals surface area contributed by atoms with E-state index in [2.05, 4.69) is 5.32 Å². The Hall–Kier alpha value is -1.55. The van der Waals surface area contributed by atoms with Gasteiger partial charge in [0, 0.05) is 19.0 Å². The van der Waals surface area contributed by atoms with E-state index < -0.39 is 5.97 Å². The third-order valence-corrected chi connectivity index (χ3v) is 3.05. The highest BCUT2D eigenvalue weighted by molar-refractivity contribution is 5.72. The van der Waals surface area contributed by atoms with Crippen LogP contribution in [0.1, 0.15) is 11.5 Å². The van der Waals surface area contributed by atoms with Crippen molar-refractivity contribution in [3.63, 3.8) is 0 Å². The van der Waals surface area contributed by atoms with Gasteiger partial charge in [0.15, 0.2) is 0 Å². The van der Waals surface area contributed by atoms with Crippen LogP contribution in [-0.4, -0.2) is 31.3 Å². The first-order valence-corrected chi connectivity index (χ1v) is 5.30. The number of aliphatic carboxylic acids is 1. The lowest BCUT2D eigenvalue weighted by molar-refractivity contribution is -0.141. The third kappa shape index (κ3) is 2.02. The van der Waals surface area contributed by atoms with Crippen molar-refractivity contribution in [3.05, 3.63) is 29.8 Å². The second-order valence-corrected chi connectivity index (χ2v) is 3.99. The van der Waals surface area contributed by atoms with Crippen LogP contribution in [0.5, 0.6) is 5.75 Å². The van der Waals surface area contributed by atoms with Gasteiger partial charge in [0.05, 0.1) is 13.0 Å². The highest BCUT2D eigenvalue weighted by Gasteiger charge is 2.33. The fourth-order valence-corrected chi connectivity index (χ4v) is 2.16. The molecule has 2 N–H and O–H groups in total. The standard InChI is InChI=1S/C12H15NO3/c1-16-9-4-2-3-8(5-9)10-6-13-7-11(10)12(14)15/h2-5,10-11,13H,6-7H2,1H3,(H,14,15)/t10-,11+/m1/s1. The second kappa shape index (κ2) is 4.53. The van der Waals surface area contributed by atoms with Crippen LogP contribution in [0.3, 0.4) is 0 Å². The Morgan fingerprint density at radius 2 is 2.31 bits per heavy atom. The number of carbonyl (C=O) groups is 1. The molecule has 1 saturated heterocycles. The molecule has 86 valence electrons. The maximum atomic E-state index is 11.1. The van der Waals surface area contributed by atoms with Crippen LogP contribution in [-0.2, 0) is 4.79 Å². The Kier molecular flexibility index (Phi) is 3.10. The zero-order valence-electron chi connectivity index (χ0n) is 9.14. The van der Waals surface area contributed by atoms with Crippen molar-refractivity contribution in [2.24, 2.45) is 5.92 Å². The van der Waals surface area contributed by atoms with Crippen molar-refractivity contribution < 1.29 is 14.6 Å². The molecule has 1 heterocycles. The van der Waals surface area contributed by atoms with Crippen molar-refractivity contribution in [1.82, 2.24) is 5.32 Å². The molecule has 4 heteroatoms. The monoisotopic (exact) mass is 221 g/mol. The van der Waals surface area contributed by atoms with Gasteiger partial charge in [-0.2, -0.15) is 0 Å². The van der Waals surface area contributed by atoms with Crippen molar-refractivity contribution in [1.29, 1.82) is 0 Å². The summed E-state index contributed by atoms with van der Waals surface area (Å²) in [6.45, 7) is 1.25. The van der Waals surface area contributed by atoms with Gasteiger partial charge in [-0.25, -0.2) is 0 Å². The zero-order valence-corrected chi connectivity index (χ0v) is 9.14. The van der Waals surface area contributed by atoms with Gasteiger partial charge >= 0.3 is 5.97 Å². The number of hydrogen-bond acceptors (Lipinski definition) is 3. The van der Waals surface area contributed by atoms with Gasteiger partial charge in [-0.3, -0.25) is 4.79 Å². The maximum Gasteiger partial charge on any atom is 0.308 e. The normalized spacial score (nSPS) is 24.3. The average Bonchev–Trinajstić information content (AvgIpc) is 2.78. The molecule has 1 aromatic rings. The van der Waals surface area contributed by atoms with Crippen LogP contribution in [0.2, 0.25) is 0 Å². The van der Waals surface area contributed by atoms with E-state index >= 15 is 0 Å². The van der Waals surface area contributed by atoms with E-state index in [0.29, 0.717) is 13.1 Å². The zero-order chi connectivity index (χ0) is 11.5. The Balaban J connectivity index is 2.25. The summed E-state index contributed by atoms with van der Waals surface area (Å²) >= 11 is 0. The highest BCUT2D eigenvalue weighted by atomic mass is 16.5. The number of rotatable bonds is 3. The molecular formula is C12H15NO3. The average molecular weight is 221 g/mol. The summed E-state index contributed by atoms with van der Waals surface area (Å²) in [5, 5.41) is 12.2. The number of carboxylic acid groups (broad SMARTS) is 1. The van der Waals surface area contributed by atoms with E-state index in [1.54, 1.807) is 7.11 Å². The third-order valence-electron chi connectivity index (χ3n) is 3.05. The van der Waals surface area contributed by atoms with Gasteiger partial charge in [0.1, 0.15) is 5.75 Å². The SMILES string of the molecule is COc1cccc([C@H]2CNC[C@@H]2C(=O)O)c1. The minimum Gasteiger partial charge on any atom is -0.497 e. The number of ether oxygens (including phenoxy) is 1. The quantitative estimate of drug-likeness (QED) is 0.802. The van der Waals surface area contributed by atoms with Gasteiger partial charge in [-0.1, -0.05) is 12.1 Å². The minimum absolute atomic E-state index is 0.0348. The Labute approximate surface area is 94.2 Å². The summed E-state index contributed by atoms with van der Waals surface area (Å²) < 4.78 is 5.14. The second-order valence-electron chi connectivity index (χ2n) is 3.99. The first kappa shape index (κ1) is 11.0. The van der Waals surface area contributed by atoms with Crippen molar-refractivity contribution >= 4 is 5.97 Å². The number of benzene rings is 1. The summed E-state index contributed by atoms with van der Waals surface area (Å²) in [5.74, 6) is -0.272. The minimum atomic E-state index is -0.738. The smallest absolute Gasteiger partial charge is 0.308 e. The molecule has 2 rings (SSSR count). The van der Waals surface area contributed by atoms with Crippen LogP contribution in [0, 0.1) is 5.92 Å². The maximum absolute atomic E-state index is 11.1. The van der Waals surface area contributed by atoms with E-state index in [-0.39, 0.29) is 11.8 Å².